The molecule has 1 fully saturated rings. The summed E-state index contributed by atoms with van der Waals surface area (Å²) >= 11 is 0. The standard InChI is InChI=1S/C17H22N4O2/c1-13-9-20(11-14-8-18-19(2)10-14)12-17(22)21(13)15-5-4-6-16(7-15)23-3/h4-8,10,13H,9,11-12H2,1-3H3. The topological polar surface area (TPSA) is 50.6 Å². The first-order valence-electron chi connectivity index (χ1n) is 7.73. The molecule has 23 heavy (non-hydrogen) atoms. The Hall–Kier alpha value is -2.34. The number of methoxy groups -OCH3 is 1. The number of carbonyl (C=O) groups is 1. The van der Waals surface area contributed by atoms with E-state index in [9.17, 15) is 4.79 Å². The minimum atomic E-state index is 0.111. The van der Waals surface area contributed by atoms with E-state index in [0.29, 0.717) is 6.54 Å². The molecule has 0 radical (unpaired) electrons. The van der Waals surface area contributed by atoms with Gasteiger partial charge < -0.3 is 9.64 Å². The molecule has 2 heterocycles. The van der Waals surface area contributed by atoms with Gasteiger partial charge in [-0.15, -0.1) is 0 Å². The normalized spacial score (nSPS) is 19.2. The SMILES string of the molecule is COc1cccc(N2C(=O)CN(Cc3cnn(C)c3)CC2C)c1. The minimum Gasteiger partial charge on any atom is -0.497 e. The number of hydrogen-bond acceptors (Lipinski definition) is 4. The van der Waals surface area contributed by atoms with Crippen molar-refractivity contribution in [3.8, 4) is 5.75 Å². The molecule has 122 valence electrons. The van der Waals surface area contributed by atoms with Crippen LogP contribution in [0.25, 0.3) is 0 Å². The summed E-state index contributed by atoms with van der Waals surface area (Å²) in [4.78, 5) is 16.7. The summed E-state index contributed by atoms with van der Waals surface area (Å²) in [5.74, 6) is 0.876. The lowest BCUT2D eigenvalue weighted by Crippen LogP contribution is -2.55. The zero-order chi connectivity index (χ0) is 16.4. The molecule has 1 aromatic carbocycles. The van der Waals surface area contributed by atoms with Crippen molar-refractivity contribution in [2.45, 2.75) is 19.5 Å². The summed E-state index contributed by atoms with van der Waals surface area (Å²) < 4.78 is 7.05. The first-order valence-corrected chi connectivity index (χ1v) is 7.73. The van der Waals surface area contributed by atoms with Crippen LogP contribution in [0.2, 0.25) is 0 Å². The number of aryl methyl sites for hydroxylation is 1. The molecule has 0 saturated carbocycles. The van der Waals surface area contributed by atoms with Gasteiger partial charge in [-0.3, -0.25) is 14.4 Å². The molecular weight excluding hydrogens is 292 g/mol. The van der Waals surface area contributed by atoms with Crippen molar-refractivity contribution in [1.82, 2.24) is 14.7 Å². The number of amides is 1. The molecule has 1 unspecified atom stereocenters. The molecule has 1 atom stereocenters. The number of hydrogen-bond donors (Lipinski definition) is 0. The highest BCUT2D eigenvalue weighted by molar-refractivity contribution is 5.96. The Morgan fingerprint density at radius 1 is 1.39 bits per heavy atom. The summed E-state index contributed by atoms with van der Waals surface area (Å²) in [6.07, 6.45) is 3.84. The molecule has 6 nitrogen and oxygen atoms in total. The van der Waals surface area contributed by atoms with Gasteiger partial charge in [0.05, 0.1) is 19.9 Å². The van der Waals surface area contributed by atoms with E-state index in [0.717, 1.165) is 30.1 Å². The second kappa shape index (κ2) is 6.42. The largest absolute Gasteiger partial charge is 0.497 e. The van der Waals surface area contributed by atoms with E-state index in [2.05, 4.69) is 16.9 Å². The van der Waals surface area contributed by atoms with Crippen molar-refractivity contribution in [3.05, 3.63) is 42.2 Å². The van der Waals surface area contributed by atoms with Gasteiger partial charge in [-0.2, -0.15) is 5.10 Å². The van der Waals surface area contributed by atoms with Crippen molar-refractivity contribution in [3.63, 3.8) is 0 Å². The predicted molar refractivity (Wildman–Crippen MR) is 88.4 cm³/mol. The highest BCUT2D eigenvalue weighted by Gasteiger charge is 2.31. The lowest BCUT2D eigenvalue weighted by Gasteiger charge is -2.39. The summed E-state index contributed by atoms with van der Waals surface area (Å²) in [7, 11) is 3.54. The second-order valence-electron chi connectivity index (χ2n) is 6.01. The molecule has 1 amide bonds. The predicted octanol–water partition coefficient (Wildman–Crippen LogP) is 1.67. The van der Waals surface area contributed by atoms with E-state index in [1.807, 2.05) is 48.6 Å². The van der Waals surface area contributed by atoms with Crippen LogP contribution in [-0.2, 0) is 18.4 Å². The fourth-order valence-corrected chi connectivity index (χ4v) is 3.12. The molecule has 0 N–H and O–H groups in total. The van der Waals surface area contributed by atoms with Crippen LogP contribution in [0.15, 0.2) is 36.7 Å². The summed E-state index contributed by atoms with van der Waals surface area (Å²) in [6.45, 7) is 4.07. The minimum absolute atomic E-state index is 0.111. The third-order valence-corrected chi connectivity index (χ3v) is 4.09. The van der Waals surface area contributed by atoms with Crippen LogP contribution in [0.4, 0.5) is 5.69 Å². The van der Waals surface area contributed by atoms with Crippen LogP contribution in [-0.4, -0.2) is 46.8 Å². The van der Waals surface area contributed by atoms with E-state index < -0.39 is 0 Å². The van der Waals surface area contributed by atoms with Crippen LogP contribution in [0.5, 0.6) is 5.75 Å². The number of benzene rings is 1. The van der Waals surface area contributed by atoms with Gasteiger partial charge in [0.25, 0.3) is 0 Å². The highest BCUT2D eigenvalue weighted by atomic mass is 16.5. The van der Waals surface area contributed by atoms with E-state index in [4.69, 9.17) is 4.74 Å². The number of nitrogens with zero attached hydrogens (tertiary/aromatic N) is 4. The second-order valence-corrected chi connectivity index (χ2v) is 6.01. The Balaban J connectivity index is 1.73. The molecule has 1 aromatic heterocycles. The fourth-order valence-electron chi connectivity index (χ4n) is 3.12. The summed E-state index contributed by atoms with van der Waals surface area (Å²) in [5.41, 5.74) is 2.02. The van der Waals surface area contributed by atoms with Gasteiger partial charge in [-0.05, 0) is 19.1 Å². The zero-order valence-electron chi connectivity index (χ0n) is 13.8. The quantitative estimate of drug-likeness (QED) is 0.861. The maximum atomic E-state index is 12.6. The number of anilines is 1. The van der Waals surface area contributed by atoms with Gasteiger partial charge in [0.2, 0.25) is 5.91 Å². The fraction of sp³-hybridized carbons (Fsp3) is 0.412. The van der Waals surface area contributed by atoms with Gasteiger partial charge in [0, 0.05) is 49.7 Å². The molecule has 1 aliphatic heterocycles. The summed E-state index contributed by atoms with van der Waals surface area (Å²) in [6, 6.07) is 7.77. The van der Waals surface area contributed by atoms with Gasteiger partial charge >= 0.3 is 0 Å². The molecule has 1 saturated heterocycles. The number of carbonyl (C=O) groups excluding carboxylic acids is 1. The van der Waals surface area contributed by atoms with Gasteiger partial charge in [0.15, 0.2) is 0 Å². The van der Waals surface area contributed by atoms with Crippen LogP contribution in [0.1, 0.15) is 12.5 Å². The maximum absolute atomic E-state index is 12.6. The average molecular weight is 314 g/mol. The van der Waals surface area contributed by atoms with Crippen molar-refractivity contribution >= 4 is 11.6 Å². The van der Waals surface area contributed by atoms with Crippen LogP contribution in [0, 0.1) is 0 Å². The molecule has 3 rings (SSSR count). The van der Waals surface area contributed by atoms with Crippen molar-refractivity contribution in [2.75, 3.05) is 25.1 Å². The summed E-state index contributed by atoms with van der Waals surface area (Å²) in [5, 5.41) is 4.18. The first kappa shape index (κ1) is 15.6. The molecule has 0 bridgehead atoms. The van der Waals surface area contributed by atoms with E-state index in [1.54, 1.807) is 11.8 Å². The van der Waals surface area contributed by atoms with Crippen molar-refractivity contribution < 1.29 is 9.53 Å². The smallest absolute Gasteiger partial charge is 0.241 e. The monoisotopic (exact) mass is 314 g/mol. The maximum Gasteiger partial charge on any atom is 0.241 e. The molecule has 0 aliphatic carbocycles. The number of ether oxygens (including phenoxy) is 1. The third kappa shape index (κ3) is 3.37. The third-order valence-electron chi connectivity index (χ3n) is 4.09. The molecule has 2 aromatic rings. The Morgan fingerprint density at radius 3 is 2.87 bits per heavy atom. The lowest BCUT2D eigenvalue weighted by molar-refractivity contribution is -0.122. The molecule has 6 heteroatoms. The van der Waals surface area contributed by atoms with Crippen LogP contribution >= 0.6 is 0 Å². The molecule has 0 spiro atoms. The van der Waals surface area contributed by atoms with Crippen molar-refractivity contribution in [2.24, 2.45) is 7.05 Å². The Labute approximate surface area is 136 Å². The average Bonchev–Trinajstić information content (AvgIpc) is 2.92. The Morgan fingerprint density at radius 2 is 2.22 bits per heavy atom. The Bertz CT molecular complexity index is 697. The van der Waals surface area contributed by atoms with E-state index in [1.165, 1.54) is 0 Å². The van der Waals surface area contributed by atoms with Gasteiger partial charge in [0.1, 0.15) is 5.75 Å². The van der Waals surface area contributed by atoms with Gasteiger partial charge in [-0.1, -0.05) is 6.07 Å². The number of aromatic nitrogens is 2. The number of rotatable bonds is 4. The van der Waals surface area contributed by atoms with E-state index >= 15 is 0 Å². The lowest BCUT2D eigenvalue weighted by atomic mass is 10.1. The first-order chi connectivity index (χ1) is 11.1. The molecular formula is C17H22N4O2. The number of piperazine rings is 1. The highest BCUT2D eigenvalue weighted by Crippen LogP contribution is 2.25. The van der Waals surface area contributed by atoms with Crippen LogP contribution < -0.4 is 9.64 Å². The van der Waals surface area contributed by atoms with Crippen molar-refractivity contribution in [1.29, 1.82) is 0 Å². The van der Waals surface area contributed by atoms with Gasteiger partial charge in [-0.25, -0.2) is 0 Å². The Kier molecular flexibility index (Phi) is 4.34. The van der Waals surface area contributed by atoms with Crippen LogP contribution in [0.3, 0.4) is 0 Å². The zero-order valence-corrected chi connectivity index (χ0v) is 13.8. The van der Waals surface area contributed by atoms with E-state index in [-0.39, 0.29) is 11.9 Å². The molecule has 1 aliphatic rings.